The lowest BCUT2D eigenvalue weighted by Crippen LogP contribution is -2.33. The first-order valence-corrected chi connectivity index (χ1v) is 4.29. The number of hydrogen-bond donors (Lipinski definition) is 1. The fraction of sp³-hybridized carbons (Fsp3) is 1.00. The maximum atomic E-state index is 13.4. The molecule has 4 nitrogen and oxygen atoms in total. The first kappa shape index (κ1) is 9.33. The van der Waals surface area contributed by atoms with Gasteiger partial charge < -0.3 is 19.3 Å². The fourth-order valence-electron chi connectivity index (χ4n) is 1.68. The van der Waals surface area contributed by atoms with Crippen LogP contribution in [0.4, 0.5) is 4.39 Å². The maximum absolute atomic E-state index is 13.4. The average molecular weight is 192 g/mol. The lowest BCUT2D eigenvalue weighted by molar-refractivity contribution is -0.214. The molecule has 0 saturated carbocycles. The van der Waals surface area contributed by atoms with Crippen LogP contribution in [0, 0.1) is 0 Å². The molecule has 0 aromatic rings. The van der Waals surface area contributed by atoms with Crippen LogP contribution >= 0.6 is 0 Å². The van der Waals surface area contributed by atoms with E-state index in [0.29, 0.717) is 0 Å². The second kappa shape index (κ2) is 2.88. The second-order valence-corrected chi connectivity index (χ2v) is 3.77. The molecule has 1 N–H and O–H groups in total. The van der Waals surface area contributed by atoms with Gasteiger partial charge in [0, 0.05) is 0 Å². The number of rotatable bonds is 1. The highest BCUT2D eigenvalue weighted by molar-refractivity contribution is 4.92. The van der Waals surface area contributed by atoms with Gasteiger partial charge in [0.1, 0.15) is 12.2 Å². The van der Waals surface area contributed by atoms with Crippen molar-refractivity contribution in [1.29, 1.82) is 0 Å². The van der Waals surface area contributed by atoms with Crippen molar-refractivity contribution in [2.24, 2.45) is 0 Å². The summed E-state index contributed by atoms with van der Waals surface area (Å²) in [7, 11) is 0. The minimum absolute atomic E-state index is 0.346. The molecule has 4 atom stereocenters. The van der Waals surface area contributed by atoms with Crippen molar-refractivity contribution in [3.05, 3.63) is 0 Å². The average Bonchev–Trinajstić information content (AvgIpc) is 2.47. The van der Waals surface area contributed by atoms with Crippen LogP contribution in [-0.4, -0.2) is 42.2 Å². The van der Waals surface area contributed by atoms with Gasteiger partial charge in [-0.1, -0.05) is 0 Å². The molecule has 13 heavy (non-hydrogen) atoms. The molecule has 0 amide bonds. The van der Waals surface area contributed by atoms with Crippen LogP contribution in [-0.2, 0) is 14.2 Å². The van der Waals surface area contributed by atoms with Gasteiger partial charge in [0.05, 0.1) is 6.61 Å². The van der Waals surface area contributed by atoms with E-state index in [1.807, 2.05) is 0 Å². The Morgan fingerprint density at radius 2 is 2.08 bits per heavy atom. The summed E-state index contributed by atoms with van der Waals surface area (Å²) in [6, 6.07) is 0. The SMILES string of the molecule is CC1(C)O[C@H]2O[C@H](CO)C(F)[C@H]2O1. The smallest absolute Gasteiger partial charge is 0.190 e. The van der Waals surface area contributed by atoms with Gasteiger partial charge >= 0.3 is 0 Å². The summed E-state index contributed by atoms with van der Waals surface area (Å²) in [6.45, 7) is 3.06. The highest BCUT2D eigenvalue weighted by atomic mass is 19.1. The van der Waals surface area contributed by atoms with E-state index in [1.165, 1.54) is 0 Å². The maximum Gasteiger partial charge on any atom is 0.190 e. The molecule has 0 aromatic heterocycles. The highest BCUT2D eigenvalue weighted by Crippen LogP contribution is 2.38. The number of fused-ring (bicyclic) bond motifs is 1. The number of halogens is 1. The molecule has 0 radical (unpaired) electrons. The number of aliphatic hydroxyl groups excluding tert-OH is 1. The molecule has 2 heterocycles. The normalized spacial score (nSPS) is 48.0. The second-order valence-electron chi connectivity index (χ2n) is 3.77. The predicted octanol–water partition coefficient (Wildman–Crippen LogP) is 0.193. The lowest BCUT2D eigenvalue weighted by atomic mass is 10.2. The number of aliphatic hydroxyl groups is 1. The van der Waals surface area contributed by atoms with Crippen molar-refractivity contribution in [3.8, 4) is 0 Å². The van der Waals surface area contributed by atoms with Crippen LogP contribution in [0.3, 0.4) is 0 Å². The van der Waals surface area contributed by atoms with Crippen molar-refractivity contribution >= 4 is 0 Å². The van der Waals surface area contributed by atoms with Crippen LogP contribution in [0.25, 0.3) is 0 Å². The van der Waals surface area contributed by atoms with E-state index >= 15 is 0 Å². The van der Waals surface area contributed by atoms with Crippen LogP contribution in [0.1, 0.15) is 13.8 Å². The Kier molecular flexibility index (Phi) is 2.07. The summed E-state index contributed by atoms with van der Waals surface area (Å²) in [5.41, 5.74) is 0. The van der Waals surface area contributed by atoms with Gasteiger partial charge in [-0.15, -0.1) is 0 Å². The summed E-state index contributed by atoms with van der Waals surface area (Å²) >= 11 is 0. The van der Waals surface area contributed by atoms with E-state index < -0.39 is 30.5 Å². The van der Waals surface area contributed by atoms with Crippen molar-refractivity contribution < 1.29 is 23.7 Å². The Labute approximate surface area is 75.6 Å². The van der Waals surface area contributed by atoms with Crippen molar-refractivity contribution in [3.63, 3.8) is 0 Å². The van der Waals surface area contributed by atoms with Gasteiger partial charge in [0.15, 0.2) is 18.2 Å². The minimum Gasteiger partial charge on any atom is -0.394 e. The Hall–Kier alpha value is -0.230. The fourth-order valence-corrected chi connectivity index (χ4v) is 1.68. The molecule has 2 fully saturated rings. The molecule has 0 aromatic carbocycles. The van der Waals surface area contributed by atoms with E-state index in [2.05, 4.69) is 0 Å². The summed E-state index contributed by atoms with van der Waals surface area (Å²) in [5, 5.41) is 8.75. The molecular weight excluding hydrogens is 179 g/mol. The molecule has 2 rings (SSSR count). The van der Waals surface area contributed by atoms with Crippen LogP contribution in [0.5, 0.6) is 0 Å². The molecule has 2 aliphatic rings. The van der Waals surface area contributed by atoms with E-state index in [4.69, 9.17) is 19.3 Å². The van der Waals surface area contributed by atoms with Gasteiger partial charge in [0.25, 0.3) is 0 Å². The first-order chi connectivity index (χ1) is 6.03. The van der Waals surface area contributed by atoms with Gasteiger partial charge in [-0.25, -0.2) is 4.39 Å². The third-order valence-electron chi connectivity index (χ3n) is 2.25. The van der Waals surface area contributed by atoms with Crippen molar-refractivity contribution in [2.75, 3.05) is 6.61 Å². The zero-order valence-electron chi connectivity index (χ0n) is 7.57. The summed E-state index contributed by atoms with van der Waals surface area (Å²) in [4.78, 5) is 0. The van der Waals surface area contributed by atoms with Gasteiger partial charge in [-0.05, 0) is 13.8 Å². The highest BCUT2D eigenvalue weighted by Gasteiger charge is 2.54. The first-order valence-electron chi connectivity index (χ1n) is 4.29. The zero-order valence-corrected chi connectivity index (χ0v) is 7.57. The van der Waals surface area contributed by atoms with E-state index in [0.717, 1.165) is 0 Å². The summed E-state index contributed by atoms with van der Waals surface area (Å²) < 4.78 is 29.1. The summed E-state index contributed by atoms with van der Waals surface area (Å²) in [6.07, 6.45) is -3.50. The molecule has 1 unspecified atom stereocenters. The molecule has 2 aliphatic heterocycles. The molecule has 0 bridgehead atoms. The predicted molar refractivity (Wildman–Crippen MR) is 40.7 cm³/mol. The Balaban J connectivity index is 2.07. The number of ether oxygens (including phenoxy) is 3. The summed E-state index contributed by atoms with van der Waals surface area (Å²) in [5.74, 6) is -0.792. The number of alkyl halides is 1. The molecule has 76 valence electrons. The van der Waals surface area contributed by atoms with Gasteiger partial charge in [0.2, 0.25) is 0 Å². The Morgan fingerprint density at radius 1 is 1.38 bits per heavy atom. The van der Waals surface area contributed by atoms with Crippen LogP contribution in [0.2, 0.25) is 0 Å². The zero-order chi connectivity index (χ0) is 9.64. The minimum atomic E-state index is -1.31. The van der Waals surface area contributed by atoms with E-state index in [-0.39, 0.29) is 6.61 Å². The molecular formula is C8H13FO4. The largest absolute Gasteiger partial charge is 0.394 e. The quantitative estimate of drug-likeness (QED) is 0.644. The van der Waals surface area contributed by atoms with E-state index in [9.17, 15) is 4.39 Å². The lowest BCUT2D eigenvalue weighted by Gasteiger charge is -2.20. The van der Waals surface area contributed by atoms with E-state index in [1.54, 1.807) is 13.8 Å². The molecule has 0 spiro atoms. The third kappa shape index (κ3) is 1.46. The molecule has 0 aliphatic carbocycles. The van der Waals surface area contributed by atoms with Crippen LogP contribution in [0.15, 0.2) is 0 Å². The van der Waals surface area contributed by atoms with Gasteiger partial charge in [-0.2, -0.15) is 0 Å². The topological polar surface area (TPSA) is 47.9 Å². The Morgan fingerprint density at radius 3 is 2.62 bits per heavy atom. The number of hydrogen-bond acceptors (Lipinski definition) is 4. The molecule has 2 saturated heterocycles. The van der Waals surface area contributed by atoms with Crippen molar-refractivity contribution in [1.82, 2.24) is 0 Å². The monoisotopic (exact) mass is 192 g/mol. The molecule has 5 heteroatoms. The van der Waals surface area contributed by atoms with Crippen LogP contribution < -0.4 is 0 Å². The Bertz CT molecular complexity index is 208. The van der Waals surface area contributed by atoms with Gasteiger partial charge in [-0.3, -0.25) is 0 Å². The van der Waals surface area contributed by atoms with Crippen molar-refractivity contribution in [2.45, 2.75) is 44.3 Å². The standard InChI is InChI=1S/C8H13FO4/c1-8(2)12-6-5(9)4(3-10)11-7(6)13-8/h4-7,10H,3H2,1-2H3/t4-,5?,6-,7-/m1/s1. The third-order valence-corrected chi connectivity index (χ3v) is 2.25.